The zero-order valence-electron chi connectivity index (χ0n) is 17.0. The van der Waals surface area contributed by atoms with Gasteiger partial charge in [0.25, 0.3) is 15.9 Å². The predicted octanol–water partition coefficient (Wildman–Crippen LogP) is 2.56. The van der Waals surface area contributed by atoms with Crippen LogP contribution in [0.4, 0.5) is 13.2 Å². The number of H-pyrrole nitrogens is 1. The van der Waals surface area contributed by atoms with E-state index in [0.717, 1.165) is 18.3 Å². The van der Waals surface area contributed by atoms with Crippen LogP contribution in [0.15, 0.2) is 29.4 Å². The Morgan fingerprint density at radius 3 is 2.62 bits per heavy atom. The van der Waals surface area contributed by atoms with Crippen LogP contribution in [0.25, 0.3) is 0 Å². The van der Waals surface area contributed by atoms with Crippen LogP contribution in [-0.2, 0) is 16.2 Å². The second-order valence-corrected chi connectivity index (χ2v) is 9.84. The molecule has 2 aromatic rings. The van der Waals surface area contributed by atoms with Gasteiger partial charge in [-0.15, -0.1) is 0 Å². The molecule has 0 bridgehead atoms. The first-order valence-corrected chi connectivity index (χ1v) is 11.4. The van der Waals surface area contributed by atoms with Crippen LogP contribution < -0.4 is 4.72 Å². The number of aromatic nitrogens is 2. The summed E-state index contributed by atoms with van der Waals surface area (Å²) in [7, 11) is -3.95. The molecule has 0 unspecified atom stereocenters. The number of nitrogens with one attached hydrogen (secondary N) is 2. The van der Waals surface area contributed by atoms with E-state index in [2.05, 4.69) is 20.8 Å². The molecule has 0 atom stereocenters. The van der Waals surface area contributed by atoms with Crippen molar-refractivity contribution < 1.29 is 26.4 Å². The summed E-state index contributed by atoms with van der Waals surface area (Å²) in [6, 6.07) is 4.79. The van der Waals surface area contributed by atoms with Crippen molar-refractivity contribution in [2.24, 2.45) is 5.92 Å². The number of carbonyl (C=O) groups excluding carboxylic acids is 1. The first kappa shape index (κ1) is 22.3. The summed E-state index contributed by atoms with van der Waals surface area (Å²) in [5, 5.41) is 8.68. The molecule has 2 fully saturated rings. The summed E-state index contributed by atoms with van der Waals surface area (Å²) >= 11 is 0. The van der Waals surface area contributed by atoms with E-state index in [1.54, 1.807) is 6.92 Å². The Morgan fingerprint density at radius 2 is 2.00 bits per heavy atom. The number of hydrogen-bond donors (Lipinski definition) is 2. The highest BCUT2D eigenvalue weighted by Crippen LogP contribution is 2.38. The molecule has 2 N–H and O–H groups in total. The van der Waals surface area contributed by atoms with Crippen molar-refractivity contribution in [3.05, 3.63) is 46.9 Å². The fourth-order valence-corrected chi connectivity index (χ4v) is 5.20. The fourth-order valence-electron chi connectivity index (χ4n) is 3.88. The number of nitriles is 1. The van der Waals surface area contributed by atoms with Crippen molar-refractivity contribution in [1.82, 2.24) is 19.6 Å². The van der Waals surface area contributed by atoms with Gasteiger partial charge in [0.1, 0.15) is 5.03 Å². The molecule has 4 rings (SSSR count). The van der Waals surface area contributed by atoms with Crippen LogP contribution in [0.1, 0.15) is 46.1 Å². The molecule has 0 spiro atoms. The molecule has 12 heteroatoms. The number of carbonyl (C=O) groups is 1. The zero-order chi connectivity index (χ0) is 23.3. The molecule has 0 aromatic carbocycles. The molecule has 1 saturated carbocycles. The van der Waals surface area contributed by atoms with E-state index in [-0.39, 0.29) is 34.0 Å². The number of aromatic amines is 1. The Labute approximate surface area is 182 Å². The highest BCUT2D eigenvalue weighted by Gasteiger charge is 2.38. The van der Waals surface area contributed by atoms with Crippen LogP contribution in [0.5, 0.6) is 0 Å². The minimum atomic E-state index is -4.46. The average Bonchev–Trinajstić information content (AvgIpc) is 3.05. The minimum Gasteiger partial charge on any atom is -0.348 e. The molecule has 170 valence electrons. The second-order valence-electron chi connectivity index (χ2n) is 8.16. The maximum atomic E-state index is 12.9. The minimum absolute atomic E-state index is 0.156. The Balaban J connectivity index is 1.39. The summed E-state index contributed by atoms with van der Waals surface area (Å²) in [6.45, 7) is 2.22. The van der Waals surface area contributed by atoms with Gasteiger partial charge in [-0.05, 0) is 38.0 Å². The van der Waals surface area contributed by atoms with Crippen molar-refractivity contribution in [1.29, 1.82) is 5.26 Å². The summed E-state index contributed by atoms with van der Waals surface area (Å²) in [6.07, 6.45) is -2.72. The second kappa shape index (κ2) is 7.90. The molecule has 2 aromatic heterocycles. The van der Waals surface area contributed by atoms with Gasteiger partial charge in [-0.1, -0.05) is 0 Å². The Kier molecular flexibility index (Phi) is 5.50. The van der Waals surface area contributed by atoms with Gasteiger partial charge >= 0.3 is 6.18 Å². The lowest BCUT2D eigenvalue weighted by Crippen LogP contribution is -2.49. The van der Waals surface area contributed by atoms with E-state index in [4.69, 9.17) is 5.26 Å². The van der Waals surface area contributed by atoms with E-state index in [9.17, 15) is 26.4 Å². The monoisotopic (exact) mass is 467 g/mol. The molecule has 1 aliphatic heterocycles. The highest BCUT2D eigenvalue weighted by atomic mass is 32.2. The number of amides is 1. The third kappa shape index (κ3) is 4.22. The quantitative estimate of drug-likeness (QED) is 0.701. The Hall–Kier alpha value is -2.91. The van der Waals surface area contributed by atoms with E-state index >= 15 is 0 Å². The highest BCUT2D eigenvalue weighted by molar-refractivity contribution is 7.89. The first-order valence-electron chi connectivity index (χ1n) is 9.92. The van der Waals surface area contributed by atoms with E-state index in [1.165, 1.54) is 11.0 Å². The number of rotatable bonds is 5. The summed E-state index contributed by atoms with van der Waals surface area (Å²) in [4.78, 5) is 20.7. The number of alkyl halides is 3. The van der Waals surface area contributed by atoms with Crippen molar-refractivity contribution in [3.8, 4) is 6.07 Å². The van der Waals surface area contributed by atoms with Gasteiger partial charge in [-0.25, -0.2) is 13.1 Å². The normalized spacial score (nSPS) is 21.5. The lowest BCUT2D eigenvalue weighted by atomic mass is 9.78. The summed E-state index contributed by atoms with van der Waals surface area (Å²) < 4.78 is 66.6. The molecule has 2 aliphatic rings. The Bertz CT molecular complexity index is 1190. The predicted molar refractivity (Wildman–Crippen MR) is 106 cm³/mol. The first-order chi connectivity index (χ1) is 15.0. The zero-order valence-corrected chi connectivity index (χ0v) is 17.8. The molecule has 1 saturated heterocycles. The van der Waals surface area contributed by atoms with Gasteiger partial charge in [-0.2, -0.15) is 18.4 Å². The van der Waals surface area contributed by atoms with E-state index in [1.807, 2.05) is 0 Å². The maximum absolute atomic E-state index is 12.9. The number of pyridine rings is 1. The largest absolute Gasteiger partial charge is 0.416 e. The molecule has 0 radical (unpaired) electrons. The van der Waals surface area contributed by atoms with E-state index in [0.29, 0.717) is 31.6 Å². The third-order valence-electron chi connectivity index (χ3n) is 5.85. The molecule has 8 nitrogen and oxygen atoms in total. The lowest BCUT2D eigenvalue weighted by Gasteiger charge is -2.35. The number of hydrogen-bond acceptors (Lipinski definition) is 5. The average molecular weight is 467 g/mol. The molecule has 1 aliphatic carbocycles. The van der Waals surface area contributed by atoms with Crippen LogP contribution >= 0.6 is 0 Å². The molecular formula is C20H20F3N5O3S. The fraction of sp³-hybridized carbons (Fsp3) is 0.450. The van der Waals surface area contributed by atoms with Gasteiger partial charge in [0.2, 0.25) is 0 Å². The summed E-state index contributed by atoms with van der Waals surface area (Å²) in [5.41, 5.74) is 0.120. The molecular weight excluding hydrogens is 447 g/mol. The van der Waals surface area contributed by atoms with Crippen LogP contribution in [-0.4, -0.2) is 48.3 Å². The van der Waals surface area contributed by atoms with Crippen molar-refractivity contribution >= 4 is 15.9 Å². The topological polar surface area (TPSA) is 119 Å². The SMILES string of the molecule is Cc1[nH]c(S(=O)(=O)NC2CC(c3cc(C(F)(F)F)ccn3)C2)cc1C(=O)N1CC(C#N)C1. The molecule has 32 heavy (non-hydrogen) atoms. The summed E-state index contributed by atoms with van der Waals surface area (Å²) in [5.74, 6) is -0.820. The smallest absolute Gasteiger partial charge is 0.348 e. The standard InChI is InChI=1S/C20H20F3N5O3S/c1-11-16(19(29)28-9-12(8-24)10-28)7-18(26-11)32(30,31)27-15-4-13(5-15)17-6-14(2-3-25-17)20(21,22)23/h2-3,6-7,12-13,15,26-27H,4-5,9-10H2,1H3. The van der Waals surface area contributed by atoms with Crippen LogP contribution in [0, 0.1) is 24.2 Å². The van der Waals surface area contributed by atoms with Crippen molar-refractivity contribution in [2.45, 2.75) is 42.9 Å². The van der Waals surface area contributed by atoms with Crippen LogP contribution in [0.2, 0.25) is 0 Å². The molecule has 1 amide bonds. The molecule has 3 heterocycles. The lowest BCUT2D eigenvalue weighted by molar-refractivity contribution is -0.137. The van der Waals surface area contributed by atoms with Gasteiger partial charge in [0.15, 0.2) is 0 Å². The third-order valence-corrected chi connectivity index (χ3v) is 7.29. The number of aryl methyl sites for hydroxylation is 1. The van der Waals surface area contributed by atoms with Gasteiger partial charge in [-0.3, -0.25) is 9.78 Å². The number of halogens is 3. The van der Waals surface area contributed by atoms with Gasteiger partial charge in [0.05, 0.1) is 23.1 Å². The maximum Gasteiger partial charge on any atom is 0.416 e. The van der Waals surface area contributed by atoms with Gasteiger partial charge in [0, 0.05) is 42.6 Å². The van der Waals surface area contributed by atoms with Crippen molar-refractivity contribution in [2.75, 3.05) is 13.1 Å². The van der Waals surface area contributed by atoms with Crippen molar-refractivity contribution in [3.63, 3.8) is 0 Å². The number of sulfonamides is 1. The van der Waals surface area contributed by atoms with Crippen LogP contribution in [0.3, 0.4) is 0 Å². The van der Waals surface area contributed by atoms with Gasteiger partial charge < -0.3 is 9.88 Å². The Morgan fingerprint density at radius 1 is 1.31 bits per heavy atom. The van der Waals surface area contributed by atoms with E-state index < -0.39 is 27.8 Å². The number of likely N-dealkylation sites (tertiary alicyclic amines) is 1. The number of nitrogens with zero attached hydrogens (tertiary/aromatic N) is 3.